The third-order valence-corrected chi connectivity index (χ3v) is 4.80. The number of amides is 1. The van der Waals surface area contributed by atoms with E-state index in [1.54, 1.807) is 36.4 Å². The Labute approximate surface area is 185 Å². The van der Waals surface area contributed by atoms with E-state index in [1.165, 1.54) is 24.3 Å². The summed E-state index contributed by atoms with van der Waals surface area (Å²) < 4.78 is 11.1. The maximum Gasteiger partial charge on any atom is 0.269 e. The molecule has 0 saturated heterocycles. The molecule has 1 amide bonds. The lowest BCUT2D eigenvalue weighted by Gasteiger charge is -2.07. The second kappa shape index (κ2) is 8.63. The molecule has 0 bridgehead atoms. The van der Waals surface area contributed by atoms with E-state index in [0.717, 1.165) is 0 Å². The molecule has 4 rings (SSSR count). The van der Waals surface area contributed by atoms with Crippen LogP contribution in [-0.2, 0) is 4.79 Å². The number of carbonyl (C=O) groups excluding carboxylic acids is 1. The number of aromatic nitrogens is 1. The Morgan fingerprint density at radius 1 is 1.10 bits per heavy atom. The normalized spacial score (nSPS) is 10.8. The van der Waals surface area contributed by atoms with Crippen LogP contribution < -0.4 is 10.1 Å². The molecule has 1 aromatic heterocycles. The Morgan fingerprint density at radius 2 is 1.87 bits per heavy atom. The number of hydrogen-bond acceptors (Lipinski definition) is 6. The topological polar surface area (TPSA) is 108 Å². The van der Waals surface area contributed by atoms with Gasteiger partial charge >= 0.3 is 0 Å². The molecule has 0 saturated carbocycles. The molecule has 1 heterocycles. The Hall–Kier alpha value is -3.62. The van der Waals surface area contributed by atoms with Crippen LogP contribution in [0.2, 0.25) is 10.0 Å². The highest BCUT2D eigenvalue weighted by molar-refractivity contribution is 6.36. The van der Waals surface area contributed by atoms with E-state index in [9.17, 15) is 14.9 Å². The van der Waals surface area contributed by atoms with Crippen LogP contribution in [-0.4, -0.2) is 22.4 Å². The quantitative estimate of drug-likeness (QED) is 0.292. The Morgan fingerprint density at radius 3 is 2.58 bits per heavy atom. The minimum Gasteiger partial charge on any atom is -0.484 e. The van der Waals surface area contributed by atoms with Gasteiger partial charge in [-0.05, 0) is 48.5 Å². The highest BCUT2D eigenvalue weighted by atomic mass is 35.5. The monoisotopic (exact) mass is 457 g/mol. The lowest BCUT2D eigenvalue weighted by molar-refractivity contribution is -0.384. The minimum atomic E-state index is -0.511. The van der Waals surface area contributed by atoms with Gasteiger partial charge in [0, 0.05) is 22.8 Å². The minimum absolute atomic E-state index is 0.0584. The number of rotatable bonds is 6. The van der Waals surface area contributed by atoms with Crippen LogP contribution in [0.3, 0.4) is 0 Å². The van der Waals surface area contributed by atoms with E-state index in [1.807, 2.05) is 0 Å². The molecule has 0 atom stereocenters. The first kappa shape index (κ1) is 20.6. The van der Waals surface area contributed by atoms with Crippen molar-refractivity contribution >= 4 is 51.6 Å². The molecular formula is C21H13Cl2N3O5. The van der Waals surface area contributed by atoms with E-state index in [-0.39, 0.29) is 12.3 Å². The number of nitrogens with one attached hydrogen (secondary N) is 1. The molecule has 0 aliphatic carbocycles. The molecule has 0 aliphatic heterocycles. The van der Waals surface area contributed by atoms with Gasteiger partial charge in [-0.15, -0.1) is 0 Å². The molecule has 10 heteroatoms. The number of halogens is 2. The second-order valence-electron chi connectivity index (χ2n) is 6.41. The zero-order chi connectivity index (χ0) is 22.0. The van der Waals surface area contributed by atoms with Crippen LogP contribution in [0.15, 0.2) is 65.1 Å². The number of hydrogen-bond donors (Lipinski definition) is 1. The SMILES string of the molecule is O=C(COc1ccc([N+](=O)[O-])cc1)Nc1ccc2oc(-c3ccc(Cl)cc3Cl)nc2c1. The van der Waals surface area contributed by atoms with E-state index in [2.05, 4.69) is 10.3 Å². The van der Waals surface area contributed by atoms with Crippen molar-refractivity contribution in [3.05, 3.63) is 80.8 Å². The summed E-state index contributed by atoms with van der Waals surface area (Å²) in [6.07, 6.45) is 0. The Bertz CT molecular complexity index is 1290. The van der Waals surface area contributed by atoms with Crippen LogP contribution in [0.5, 0.6) is 5.75 Å². The van der Waals surface area contributed by atoms with E-state index in [0.29, 0.717) is 44.0 Å². The lowest BCUT2D eigenvalue weighted by Crippen LogP contribution is -2.20. The van der Waals surface area contributed by atoms with Crippen molar-refractivity contribution in [2.24, 2.45) is 0 Å². The van der Waals surface area contributed by atoms with Gasteiger partial charge in [0.1, 0.15) is 11.3 Å². The number of oxazole rings is 1. The van der Waals surface area contributed by atoms with Gasteiger partial charge in [0.05, 0.1) is 15.5 Å². The number of non-ortho nitro benzene ring substituents is 1. The van der Waals surface area contributed by atoms with Crippen molar-refractivity contribution in [3.8, 4) is 17.2 Å². The third-order valence-electron chi connectivity index (χ3n) is 4.25. The Kier molecular flexibility index (Phi) is 5.75. The zero-order valence-corrected chi connectivity index (χ0v) is 17.2. The zero-order valence-electron chi connectivity index (χ0n) is 15.7. The van der Waals surface area contributed by atoms with Gasteiger partial charge in [0.15, 0.2) is 12.2 Å². The number of carbonyl (C=O) groups is 1. The van der Waals surface area contributed by atoms with Gasteiger partial charge in [0.2, 0.25) is 5.89 Å². The summed E-state index contributed by atoms with van der Waals surface area (Å²) in [5.74, 6) is 0.279. The lowest BCUT2D eigenvalue weighted by atomic mass is 10.2. The second-order valence-corrected chi connectivity index (χ2v) is 7.26. The first-order valence-electron chi connectivity index (χ1n) is 8.92. The number of ether oxygens (including phenoxy) is 1. The van der Waals surface area contributed by atoms with Gasteiger partial charge in [-0.3, -0.25) is 14.9 Å². The van der Waals surface area contributed by atoms with Crippen molar-refractivity contribution in [2.45, 2.75) is 0 Å². The fourth-order valence-electron chi connectivity index (χ4n) is 2.79. The molecule has 31 heavy (non-hydrogen) atoms. The number of benzene rings is 3. The summed E-state index contributed by atoms with van der Waals surface area (Å²) in [5.41, 5.74) is 2.12. The smallest absolute Gasteiger partial charge is 0.269 e. The predicted molar refractivity (Wildman–Crippen MR) is 117 cm³/mol. The molecule has 0 fully saturated rings. The molecule has 0 aliphatic rings. The van der Waals surface area contributed by atoms with Crippen molar-refractivity contribution in [2.75, 3.05) is 11.9 Å². The largest absolute Gasteiger partial charge is 0.484 e. The van der Waals surface area contributed by atoms with Gasteiger partial charge in [0.25, 0.3) is 11.6 Å². The van der Waals surface area contributed by atoms with Crippen LogP contribution in [0, 0.1) is 10.1 Å². The van der Waals surface area contributed by atoms with E-state index < -0.39 is 10.8 Å². The molecular weight excluding hydrogens is 445 g/mol. The van der Waals surface area contributed by atoms with Crippen LogP contribution in [0.25, 0.3) is 22.6 Å². The highest BCUT2D eigenvalue weighted by Gasteiger charge is 2.13. The van der Waals surface area contributed by atoms with Gasteiger partial charge in [-0.1, -0.05) is 23.2 Å². The maximum absolute atomic E-state index is 12.2. The predicted octanol–water partition coefficient (Wildman–Crippen LogP) is 5.73. The first-order valence-corrected chi connectivity index (χ1v) is 9.68. The van der Waals surface area contributed by atoms with Crippen molar-refractivity contribution in [1.29, 1.82) is 0 Å². The van der Waals surface area contributed by atoms with Crippen LogP contribution in [0.1, 0.15) is 0 Å². The van der Waals surface area contributed by atoms with Crippen molar-refractivity contribution < 1.29 is 18.9 Å². The van der Waals surface area contributed by atoms with Crippen LogP contribution in [0.4, 0.5) is 11.4 Å². The molecule has 0 spiro atoms. The first-order chi connectivity index (χ1) is 14.9. The standard InChI is InChI=1S/C21H13Cl2N3O5/c22-12-1-7-16(17(23)9-12)21-25-18-10-13(2-8-19(18)31-21)24-20(27)11-30-15-5-3-14(4-6-15)26(28)29/h1-10H,11H2,(H,24,27). The molecule has 3 aromatic carbocycles. The summed E-state index contributed by atoms with van der Waals surface area (Å²) in [5, 5.41) is 14.3. The summed E-state index contributed by atoms with van der Waals surface area (Å²) in [6.45, 7) is -0.264. The molecule has 0 unspecified atom stereocenters. The third kappa shape index (κ3) is 4.76. The number of nitro groups is 1. The van der Waals surface area contributed by atoms with E-state index in [4.69, 9.17) is 32.4 Å². The van der Waals surface area contributed by atoms with Crippen molar-refractivity contribution in [1.82, 2.24) is 4.98 Å². The molecule has 156 valence electrons. The van der Waals surface area contributed by atoms with Crippen molar-refractivity contribution in [3.63, 3.8) is 0 Å². The summed E-state index contributed by atoms with van der Waals surface area (Å²) in [6, 6.07) is 15.5. The average Bonchev–Trinajstić information content (AvgIpc) is 3.15. The molecule has 0 radical (unpaired) electrons. The van der Waals surface area contributed by atoms with Gasteiger partial charge in [-0.25, -0.2) is 4.98 Å². The average molecular weight is 458 g/mol. The number of anilines is 1. The fourth-order valence-corrected chi connectivity index (χ4v) is 3.28. The fraction of sp³-hybridized carbons (Fsp3) is 0.0476. The Balaban J connectivity index is 1.43. The summed E-state index contributed by atoms with van der Waals surface area (Å²) >= 11 is 12.1. The summed E-state index contributed by atoms with van der Waals surface area (Å²) in [4.78, 5) is 26.8. The number of fused-ring (bicyclic) bond motifs is 1. The number of nitrogens with zero attached hydrogens (tertiary/aromatic N) is 2. The van der Waals surface area contributed by atoms with Gasteiger partial charge in [-0.2, -0.15) is 0 Å². The maximum atomic E-state index is 12.2. The van der Waals surface area contributed by atoms with E-state index >= 15 is 0 Å². The number of nitro benzene ring substituents is 1. The molecule has 4 aromatic rings. The molecule has 8 nitrogen and oxygen atoms in total. The van der Waals surface area contributed by atoms with Gasteiger partial charge < -0.3 is 14.5 Å². The molecule has 1 N–H and O–H groups in total. The summed E-state index contributed by atoms with van der Waals surface area (Å²) in [7, 11) is 0. The van der Waals surface area contributed by atoms with Crippen LogP contribution >= 0.6 is 23.2 Å². The highest BCUT2D eigenvalue weighted by Crippen LogP contribution is 2.32.